The van der Waals surface area contributed by atoms with Crippen molar-refractivity contribution in [3.63, 3.8) is 0 Å². The van der Waals surface area contributed by atoms with E-state index in [2.05, 4.69) is 0 Å². The van der Waals surface area contributed by atoms with Crippen molar-refractivity contribution in [2.45, 2.75) is 16.9 Å². The van der Waals surface area contributed by atoms with E-state index in [0.717, 1.165) is 11.6 Å². The molecule has 0 amide bonds. The molecule has 2 unspecified atom stereocenters. The summed E-state index contributed by atoms with van der Waals surface area (Å²) in [7, 11) is -4.63. The Balaban J connectivity index is 0.00000289. The van der Waals surface area contributed by atoms with Gasteiger partial charge in [-0.3, -0.25) is 4.55 Å². The largest absolute Gasteiger partial charge is 0.387 e. The quantitative estimate of drug-likeness (QED) is 0.362. The molecule has 1 radical (unpaired) electrons. The zero-order valence-corrected chi connectivity index (χ0v) is 19.2. The molecule has 2 atom stereocenters. The summed E-state index contributed by atoms with van der Waals surface area (Å²) in [6.07, 6.45) is 3.89. The van der Waals surface area contributed by atoms with Crippen LogP contribution in [0.25, 0.3) is 18.2 Å². The van der Waals surface area contributed by atoms with E-state index >= 15 is 0 Å². The molecule has 0 saturated carbocycles. The monoisotopic (exact) mass is 429 g/mol. The molecule has 30 heavy (non-hydrogen) atoms. The molecule has 0 aliphatic heterocycles. The number of benzene rings is 3. The molecule has 3 aromatic rings. The summed E-state index contributed by atoms with van der Waals surface area (Å²) >= 11 is 0. The van der Waals surface area contributed by atoms with Crippen LogP contribution in [0.2, 0.25) is 0 Å². The summed E-state index contributed by atoms with van der Waals surface area (Å²) in [5.74, 6) is -1.98. The zero-order valence-electron chi connectivity index (χ0n) is 18.4. The first kappa shape index (κ1) is 19.9. The minimum absolute atomic E-state index is 0. The van der Waals surface area contributed by atoms with E-state index in [1.54, 1.807) is 42.5 Å². The van der Waals surface area contributed by atoms with E-state index in [4.69, 9.17) is 2.74 Å². The number of hydrogen-bond donors (Lipinski definition) is 2. The van der Waals surface area contributed by atoms with Crippen molar-refractivity contribution in [2.75, 3.05) is 0 Å². The van der Waals surface area contributed by atoms with Crippen molar-refractivity contribution in [1.82, 2.24) is 0 Å². The van der Waals surface area contributed by atoms with E-state index in [-0.39, 0.29) is 46.2 Å². The van der Waals surface area contributed by atoms with Crippen molar-refractivity contribution < 1.29 is 20.8 Å². The number of fused-ring (bicyclic) bond motifs is 1. The molecule has 0 aromatic heterocycles. The summed E-state index contributed by atoms with van der Waals surface area (Å²) in [6, 6.07) is 20.1. The van der Waals surface area contributed by atoms with Gasteiger partial charge in [0, 0.05) is 36.8 Å². The fraction of sp³-hybridized carbons (Fsp3) is 0.0833. The van der Waals surface area contributed by atoms with Crippen LogP contribution in [-0.4, -0.2) is 47.6 Å². The average Bonchev–Trinajstić information content (AvgIpc) is 2.75. The molecule has 0 bridgehead atoms. The summed E-state index contributed by atoms with van der Waals surface area (Å²) < 4.78 is 51.5. The second-order valence-corrected chi connectivity index (χ2v) is 8.04. The van der Waals surface area contributed by atoms with Crippen LogP contribution in [0.15, 0.2) is 83.8 Å². The van der Waals surface area contributed by atoms with Crippen LogP contribution in [0.1, 0.15) is 42.5 Å². The van der Waals surface area contributed by atoms with Crippen LogP contribution in [-0.2, 0) is 10.1 Å². The second kappa shape index (κ2) is 9.43. The van der Waals surface area contributed by atoms with Crippen molar-refractivity contribution in [1.29, 1.82) is 0 Å². The molecule has 1 aliphatic carbocycles. The molecule has 0 fully saturated rings. The Kier molecular flexibility index (Phi) is 6.27. The first-order valence-electron chi connectivity index (χ1n) is 9.99. The maximum absolute atomic E-state index is 12.1. The van der Waals surface area contributed by atoms with Crippen LogP contribution >= 0.6 is 0 Å². The molecule has 0 saturated heterocycles. The van der Waals surface area contributed by atoms with Gasteiger partial charge in [0.15, 0.2) is 0 Å². The topological polar surface area (TPSA) is 74.6 Å². The molecule has 2 N–H and O–H groups in total. The Hall–Kier alpha value is -1.99. The normalized spacial score (nSPS) is 23.9. The SMILES string of the molecule is [2H]C1(O)c2ccccc2C=CC1([2H])c1ccc(C=Cc2ccccc2)c(S(=O)(=O)O)c1.[Na]. The Bertz CT molecular complexity index is 1300. The summed E-state index contributed by atoms with van der Waals surface area (Å²) in [4.78, 5) is -0.396. The Morgan fingerprint density at radius 1 is 0.933 bits per heavy atom. The van der Waals surface area contributed by atoms with Gasteiger partial charge in [-0.25, -0.2) is 0 Å². The van der Waals surface area contributed by atoms with Gasteiger partial charge in [0.05, 0.1) is 7.45 Å². The molecule has 6 heteroatoms. The van der Waals surface area contributed by atoms with Crippen LogP contribution in [0.3, 0.4) is 0 Å². The standard InChI is InChI=1S/C24H20O4S.Na/c25-24-21-9-5-4-8-18(21)14-15-22(24)20-13-12-19(23(16-20)29(26,27)28)11-10-17-6-2-1-3-7-17;/h1-16,22,24-25H,(H,26,27,28);/i22D,24D;. The first-order valence-corrected chi connectivity index (χ1v) is 10.4. The predicted octanol–water partition coefficient (Wildman–Crippen LogP) is 4.57. The van der Waals surface area contributed by atoms with Gasteiger partial charge in [-0.1, -0.05) is 91.0 Å². The Morgan fingerprint density at radius 3 is 2.37 bits per heavy atom. The minimum Gasteiger partial charge on any atom is -0.387 e. The molecular formula is C24H20NaO4S. The van der Waals surface area contributed by atoms with E-state index in [1.165, 1.54) is 18.2 Å². The Labute approximate surface area is 201 Å². The van der Waals surface area contributed by atoms with Gasteiger partial charge < -0.3 is 5.11 Å². The third kappa shape index (κ3) is 4.83. The molecule has 147 valence electrons. The second-order valence-electron chi connectivity index (χ2n) is 6.65. The van der Waals surface area contributed by atoms with E-state index < -0.39 is 27.0 Å². The summed E-state index contributed by atoms with van der Waals surface area (Å²) in [5, 5.41) is 11.0. The third-order valence-corrected chi connectivity index (χ3v) is 5.67. The van der Waals surface area contributed by atoms with Crippen LogP contribution in [0.4, 0.5) is 0 Å². The molecular weight excluding hydrogens is 407 g/mol. The van der Waals surface area contributed by atoms with Gasteiger partial charge in [-0.15, -0.1) is 0 Å². The average molecular weight is 429 g/mol. The van der Waals surface area contributed by atoms with Gasteiger partial charge >= 0.3 is 0 Å². The van der Waals surface area contributed by atoms with Crippen LogP contribution in [0, 0.1) is 0 Å². The van der Waals surface area contributed by atoms with Gasteiger partial charge in [0.2, 0.25) is 0 Å². The summed E-state index contributed by atoms with van der Waals surface area (Å²) in [6.45, 7) is 0. The number of hydrogen-bond acceptors (Lipinski definition) is 3. The van der Waals surface area contributed by atoms with Crippen molar-refractivity contribution in [3.8, 4) is 0 Å². The fourth-order valence-electron chi connectivity index (χ4n) is 3.30. The third-order valence-electron chi connectivity index (χ3n) is 4.76. The van der Waals surface area contributed by atoms with Crippen LogP contribution < -0.4 is 0 Å². The zero-order chi connectivity index (χ0) is 22.3. The first-order chi connectivity index (χ1) is 14.6. The van der Waals surface area contributed by atoms with E-state index in [1.807, 2.05) is 30.3 Å². The summed E-state index contributed by atoms with van der Waals surface area (Å²) in [5.41, 5.74) is 2.00. The molecule has 0 spiro atoms. The Morgan fingerprint density at radius 2 is 1.63 bits per heavy atom. The van der Waals surface area contributed by atoms with Gasteiger partial charge in [0.25, 0.3) is 10.1 Å². The molecule has 4 nitrogen and oxygen atoms in total. The smallest absolute Gasteiger partial charge is 0.295 e. The van der Waals surface area contributed by atoms with Gasteiger partial charge in [0.1, 0.15) is 4.90 Å². The molecule has 0 heterocycles. The molecule has 4 rings (SSSR count). The van der Waals surface area contributed by atoms with Crippen molar-refractivity contribution in [3.05, 3.63) is 107 Å². The van der Waals surface area contributed by atoms with E-state index in [0.29, 0.717) is 5.56 Å². The van der Waals surface area contributed by atoms with Crippen LogP contribution in [0.5, 0.6) is 0 Å². The number of rotatable bonds is 4. The molecule has 3 aromatic carbocycles. The maximum atomic E-state index is 12.1. The number of aliphatic hydroxyl groups is 1. The van der Waals surface area contributed by atoms with Crippen molar-refractivity contribution in [2.24, 2.45) is 0 Å². The fourth-order valence-corrected chi connectivity index (χ4v) is 4.01. The maximum Gasteiger partial charge on any atom is 0.295 e. The van der Waals surface area contributed by atoms with Gasteiger partial charge in [-0.05, 0) is 33.9 Å². The van der Waals surface area contributed by atoms with Crippen molar-refractivity contribution >= 4 is 57.9 Å². The molecule has 1 aliphatic rings. The van der Waals surface area contributed by atoms with Gasteiger partial charge in [-0.2, -0.15) is 8.42 Å². The minimum atomic E-state index is -4.63. The van der Waals surface area contributed by atoms with E-state index in [9.17, 15) is 18.1 Å². The predicted molar refractivity (Wildman–Crippen MR) is 121 cm³/mol.